The molecule has 2 nitrogen and oxygen atoms in total. The molecule has 0 spiro atoms. The molecule has 0 aliphatic rings. The van der Waals surface area contributed by atoms with E-state index < -0.39 is 0 Å². The highest BCUT2D eigenvalue weighted by molar-refractivity contribution is 5.41. The SMILES string of the molecule is CCCCN(Cc1ccccc1C#CCO)C(C)CC. The molecule has 0 aliphatic heterocycles. The quantitative estimate of drug-likeness (QED) is 0.769. The molecule has 1 aromatic rings. The van der Waals surface area contributed by atoms with Crippen LogP contribution in [-0.4, -0.2) is 29.2 Å². The third-order valence-corrected chi connectivity index (χ3v) is 3.71. The first kappa shape index (κ1) is 16.8. The monoisotopic (exact) mass is 273 g/mol. The molecule has 1 unspecified atom stereocenters. The van der Waals surface area contributed by atoms with Gasteiger partial charge in [-0.1, -0.05) is 50.3 Å². The Kier molecular flexibility index (Phi) is 8.02. The second-order valence-corrected chi connectivity index (χ2v) is 5.20. The van der Waals surface area contributed by atoms with Crippen molar-refractivity contribution < 1.29 is 5.11 Å². The molecule has 0 fully saturated rings. The van der Waals surface area contributed by atoms with E-state index in [0.29, 0.717) is 6.04 Å². The van der Waals surface area contributed by atoms with Crippen molar-refractivity contribution >= 4 is 0 Å². The number of rotatable bonds is 7. The molecule has 0 saturated carbocycles. The first-order valence-electron chi connectivity index (χ1n) is 7.64. The number of benzene rings is 1. The molecule has 0 saturated heterocycles. The maximum absolute atomic E-state index is 8.86. The molecular formula is C18H27NO. The van der Waals surface area contributed by atoms with Gasteiger partial charge < -0.3 is 5.11 Å². The minimum Gasteiger partial charge on any atom is -0.384 e. The summed E-state index contributed by atoms with van der Waals surface area (Å²) >= 11 is 0. The fourth-order valence-corrected chi connectivity index (χ4v) is 2.21. The van der Waals surface area contributed by atoms with E-state index in [9.17, 15) is 0 Å². The maximum atomic E-state index is 8.86. The van der Waals surface area contributed by atoms with Gasteiger partial charge in [-0.3, -0.25) is 4.90 Å². The van der Waals surface area contributed by atoms with Gasteiger partial charge in [-0.05, 0) is 37.9 Å². The van der Waals surface area contributed by atoms with Crippen molar-refractivity contribution in [1.29, 1.82) is 0 Å². The third kappa shape index (κ3) is 5.36. The molecule has 1 aromatic carbocycles. The molecule has 1 N–H and O–H groups in total. The zero-order valence-corrected chi connectivity index (χ0v) is 13.0. The van der Waals surface area contributed by atoms with E-state index in [0.717, 1.165) is 25.1 Å². The van der Waals surface area contributed by atoms with E-state index in [1.807, 2.05) is 12.1 Å². The van der Waals surface area contributed by atoms with Crippen molar-refractivity contribution in [2.75, 3.05) is 13.2 Å². The lowest BCUT2D eigenvalue weighted by Crippen LogP contribution is -2.33. The molecule has 0 heterocycles. The van der Waals surface area contributed by atoms with Crippen molar-refractivity contribution in [2.45, 2.75) is 52.6 Å². The summed E-state index contributed by atoms with van der Waals surface area (Å²) in [6.07, 6.45) is 3.61. The van der Waals surface area contributed by atoms with Crippen LogP contribution >= 0.6 is 0 Å². The summed E-state index contributed by atoms with van der Waals surface area (Å²) in [4.78, 5) is 2.53. The smallest absolute Gasteiger partial charge is 0.104 e. The van der Waals surface area contributed by atoms with E-state index >= 15 is 0 Å². The standard InChI is InChI=1S/C18H27NO/c1-4-6-13-19(16(3)5-2)15-18-11-8-7-10-17(18)12-9-14-20/h7-8,10-11,16,20H,4-6,13-15H2,1-3H3. The molecule has 2 heteroatoms. The van der Waals surface area contributed by atoms with Crippen LogP contribution in [0.1, 0.15) is 51.2 Å². The molecule has 20 heavy (non-hydrogen) atoms. The lowest BCUT2D eigenvalue weighted by Gasteiger charge is -2.28. The Morgan fingerprint density at radius 1 is 1.25 bits per heavy atom. The van der Waals surface area contributed by atoms with E-state index in [1.165, 1.54) is 18.4 Å². The third-order valence-electron chi connectivity index (χ3n) is 3.71. The Hall–Kier alpha value is -1.30. The van der Waals surface area contributed by atoms with Crippen LogP contribution in [0.2, 0.25) is 0 Å². The van der Waals surface area contributed by atoms with Gasteiger partial charge in [0.05, 0.1) is 0 Å². The average molecular weight is 273 g/mol. The number of aliphatic hydroxyl groups excluding tert-OH is 1. The van der Waals surface area contributed by atoms with Crippen LogP contribution in [0.5, 0.6) is 0 Å². The predicted molar refractivity (Wildman–Crippen MR) is 85.5 cm³/mol. The van der Waals surface area contributed by atoms with Crippen molar-refractivity contribution in [1.82, 2.24) is 4.90 Å². The minimum atomic E-state index is -0.0841. The number of hydrogen-bond acceptors (Lipinski definition) is 2. The zero-order valence-electron chi connectivity index (χ0n) is 13.0. The summed E-state index contributed by atoms with van der Waals surface area (Å²) in [6.45, 7) is 8.74. The fraction of sp³-hybridized carbons (Fsp3) is 0.556. The van der Waals surface area contributed by atoms with Gasteiger partial charge in [-0.2, -0.15) is 0 Å². The predicted octanol–water partition coefficient (Wildman–Crippen LogP) is 3.43. The molecule has 110 valence electrons. The first-order valence-corrected chi connectivity index (χ1v) is 7.64. The molecular weight excluding hydrogens is 246 g/mol. The minimum absolute atomic E-state index is 0.0841. The highest BCUT2D eigenvalue weighted by Gasteiger charge is 2.13. The summed E-state index contributed by atoms with van der Waals surface area (Å²) in [7, 11) is 0. The molecule has 0 aromatic heterocycles. The summed E-state index contributed by atoms with van der Waals surface area (Å²) in [5.41, 5.74) is 2.29. The average Bonchev–Trinajstić information content (AvgIpc) is 2.49. The van der Waals surface area contributed by atoms with Crippen molar-refractivity contribution in [3.05, 3.63) is 35.4 Å². The molecule has 0 amide bonds. The Bertz CT molecular complexity index is 444. The van der Waals surface area contributed by atoms with Gasteiger partial charge in [0.15, 0.2) is 0 Å². The van der Waals surface area contributed by atoms with Gasteiger partial charge in [0.2, 0.25) is 0 Å². The normalized spacial score (nSPS) is 12.1. The Morgan fingerprint density at radius 2 is 2.00 bits per heavy atom. The van der Waals surface area contributed by atoms with E-state index in [4.69, 9.17) is 5.11 Å². The van der Waals surface area contributed by atoms with Gasteiger partial charge in [0.1, 0.15) is 6.61 Å². The molecule has 1 atom stereocenters. The first-order chi connectivity index (χ1) is 9.72. The highest BCUT2D eigenvalue weighted by atomic mass is 16.2. The second-order valence-electron chi connectivity index (χ2n) is 5.20. The molecule has 1 rings (SSSR count). The Balaban J connectivity index is 2.86. The number of nitrogens with zero attached hydrogens (tertiary/aromatic N) is 1. The van der Waals surface area contributed by atoms with E-state index in [2.05, 4.69) is 49.6 Å². The second kappa shape index (κ2) is 9.58. The van der Waals surface area contributed by atoms with E-state index in [1.54, 1.807) is 0 Å². The van der Waals surface area contributed by atoms with Crippen LogP contribution in [0, 0.1) is 11.8 Å². The number of unbranched alkanes of at least 4 members (excludes halogenated alkanes) is 1. The molecule has 0 bridgehead atoms. The Labute approximate surface area is 123 Å². The van der Waals surface area contributed by atoms with E-state index in [-0.39, 0.29) is 6.61 Å². The number of hydrogen-bond donors (Lipinski definition) is 1. The summed E-state index contributed by atoms with van der Waals surface area (Å²) in [6, 6.07) is 8.83. The topological polar surface area (TPSA) is 23.5 Å². The van der Waals surface area contributed by atoms with Crippen LogP contribution in [0.4, 0.5) is 0 Å². The van der Waals surface area contributed by atoms with Gasteiger partial charge in [0, 0.05) is 18.2 Å². The Morgan fingerprint density at radius 3 is 2.65 bits per heavy atom. The van der Waals surface area contributed by atoms with Crippen LogP contribution < -0.4 is 0 Å². The molecule has 0 radical (unpaired) electrons. The van der Waals surface area contributed by atoms with Crippen molar-refractivity contribution in [3.8, 4) is 11.8 Å². The van der Waals surface area contributed by atoms with Gasteiger partial charge in [0.25, 0.3) is 0 Å². The maximum Gasteiger partial charge on any atom is 0.104 e. The largest absolute Gasteiger partial charge is 0.384 e. The lowest BCUT2D eigenvalue weighted by atomic mass is 10.1. The number of aliphatic hydroxyl groups is 1. The van der Waals surface area contributed by atoms with Crippen molar-refractivity contribution in [2.24, 2.45) is 0 Å². The van der Waals surface area contributed by atoms with Crippen LogP contribution in [0.3, 0.4) is 0 Å². The van der Waals surface area contributed by atoms with Crippen molar-refractivity contribution in [3.63, 3.8) is 0 Å². The van der Waals surface area contributed by atoms with Gasteiger partial charge in [-0.25, -0.2) is 0 Å². The fourth-order valence-electron chi connectivity index (χ4n) is 2.21. The van der Waals surface area contributed by atoms with Crippen LogP contribution in [0.25, 0.3) is 0 Å². The highest BCUT2D eigenvalue weighted by Crippen LogP contribution is 2.15. The van der Waals surface area contributed by atoms with Gasteiger partial charge in [-0.15, -0.1) is 0 Å². The summed E-state index contributed by atoms with van der Waals surface area (Å²) in [5.74, 6) is 5.81. The van der Waals surface area contributed by atoms with Gasteiger partial charge >= 0.3 is 0 Å². The summed E-state index contributed by atoms with van der Waals surface area (Å²) in [5, 5.41) is 8.86. The lowest BCUT2D eigenvalue weighted by molar-refractivity contribution is 0.192. The van der Waals surface area contributed by atoms with Crippen LogP contribution in [0.15, 0.2) is 24.3 Å². The molecule has 0 aliphatic carbocycles. The summed E-state index contributed by atoms with van der Waals surface area (Å²) < 4.78 is 0. The van der Waals surface area contributed by atoms with Crippen LogP contribution in [-0.2, 0) is 6.54 Å². The zero-order chi connectivity index (χ0) is 14.8.